The molecule has 1 aromatic carbocycles. The summed E-state index contributed by atoms with van der Waals surface area (Å²) in [6.07, 6.45) is 1.44. The molecule has 1 aromatic heterocycles. The van der Waals surface area contributed by atoms with Crippen LogP contribution in [-0.4, -0.2) is 16.5 Å². The van der Waals surface area contributed by atoms with E-state index in [4.69, 9.17) is 11.5 Å². The molecule has 6 N–H and O–H groups in total. The predicted octanol–water partition coefficient (Wildman–Crippen LogP) is 2.96. The minimum atomic E-state index is -4.46. The molecule has 0 saturated heterocycles. The van der Waals surface area contributed by atoms with Gasteiger partial charge in [-0.25, -0.2) is 0 Å². The topological polar surface area (TPSA) is 92.8 Å². The molecule has 1 aliphatic carbocycles. The van der Waals surface area contributed by atoms with Crippen LogP contribution in [0, 0.1) is 0 Å². The number of nitrogens with two attached hydrogens (primary N) is 2. The Hall–Kier alpha value is -2.74. The number of halogens is 3. The molecule has 24 heavy (non-hydrogen) atoms. The number of rotatable bonds is 3. The number of benzene rings is 1. The molecule has 0 bridgehead atoms. The second kappa shape index (κ2) is 5.72. The molecule has 3 rings (SSSR count). The monoisotopic (exact) mass is 335 g/mol. The van der Waals surface area contributed by atoms with Crippen LogP contribution in [0.3, 0.4) is 0 Å². The lowest BCUT2D eigenvalue weighted by molar-refractivity contribution is -0.0999. The Bertz CT molecular complexity index is 789. The van der Waals surface area contributed by atoms with Crippen molar-refractivity contribution in [3.05, 3.63) is 60.0 Å². The van der Waals surface area contributed by atoms with Gasteiger partial charge in [0.25, 0.3) is 0 Å². The average molecular weight is 335 g/mol. The number of aromatic nitrogens is 2. The van der Waals surface area contributed by atoms with Crippen molar-refractivity contribution in [1.29, 1.82) is 0 Å². The standard InChI is InChI=1S/C16H16F3N5/c17-16(18,19)22-12-3-1-10(2-4-12)13-9-14(24-23-13)15(21)7-5-11(20)6-8-15/h1-7,9,22H,8,20-21H2,(H,23,24). The highest BCUT2D eigenvalue weighted by atomic mass is 19.4. The molecule has 0 spiro atoms. The maximum Gasteiger partial charge on any atom is 0.482 e. The zero-order valence-electron chi connectivity index (χ0n) is 12.6. The van der Waals surface area contributed by atoms with Crippen molar-refractivity contribution in [1.82, 2.24) is 10.2 Å². The van der Waals surface area contributed by atoms with Gasteiger partial charge < -0.3 is 11.5 Å². The van der Waals surface area contributed by atoms with Crippen LogP contribution >= 0.6 is 0 Å². The number of aromatic amines is 1. The predicted molar refractivity (Wildman–Crippen MR) is 85.6 cm³/mol. The molecule has 1 atom stereocenters. The SMILES string of the molecule is NC1=CCC(N)(c2cc(-c3ccc(NC(F)(F)F)cc3)n[nH]2)C=C1. The molecule has 1 heterocycles. The van der Waals surface area contributed by atoms with Gasteiger partial charge in [0.2, 0.25) is 0 Å². The van der Waals surface area contributed by atoms with Crippen LogP contribution in [0.5, 0.6) is 0 Å². The van der Waals surface area contributed by atoms with Crippen LogP contribution in [-0.2, 0) is 5.54 Å². The Balaban J connectivity index is 1.80. The highest BCUT2D eigenvalue weighted by molar-refractivity contribution is 5.63. The summed E-state index contributed by atoms with van der Waals surface area (Å²) in [4.78, 5) is 0. The first-order chi connectivity index (χ1) is 11.3. The zero-order chi connectivity index (χ0) is 17.4. The largest absolute Gasteiger partial charge is 0.482 e. The van der Waals surface area contributed by atoms with Crippen LogP contribution in [0.15, 0.2) is 54.3 Å². The van der Waals surface area contributed by atoms with Crippen LogP contribution in [0.25, 0.3) is 11.3 Å². The molecule has 0 aliphatic heterocycles. The third-order valence-corrected chi connectivity index (χ3v) is 3.79. The van der Waals surface area contributed by atoms with Gasteiger partial charge in [0.05, 0.1) is 16.9 Å². The summed E-state index contributed by atoms with van der Waals surface area (Å²) in [6.45, 7) is 0. The van der Waals surface area contributed by atoms with Crippen molar-refractivity contribution >= 4 is 5.69 Å². The van der Waals surface area contributed by atoms with Crippen molar-refractivity contribution < 1.29 is 13.2 Å². The van der Waals surface area contributed by atoms with E-state index in [0.717, 1.165) is 0 Å². The van der Waals surface area contributed by atoms with Crippen molar-refractivity contribution in [3.63, 3.8) is 0 Å². The maximum atomic E-state index is 12.3. The van der Waals surface area contributed by atoms with E-state index in [2.05, 4.69) is 10.2 Å². The summed E-state index contributed by atoms with van der Waals surface area (Å²) in [5.74, 6) is 0. The molecule has 1 aliphatic rings. The average Bonchev–Trinajstić information content (AvgIpc) is 3.00. The third-order valence-electron chi connectivity index (χ3n) is 3.79. The minimum Gasteiger partial charge on any atom is -0.399 e. The van der Waals surface area contributed by atoms with E-state index in [1.54, 1.807) is 30.4 Å². The molecule has 1 unspecified atom stereocenters. The van der Waals surface area contributed by atoms with Gasteiger partial charge in [-0.1, -0.05) is 24.3 Å². The Labute approximate surface area is 136 Å². The van der Waals surface area contributed by atoms with Crippen molar-refractivity contribution in [2.75, 3.05) is 5.32 Å². The first-order valence-electron chi connectivity index (χ1n) is 7.20. The number of hydrogen-bond acceptors (Lipinski definition) is 4. The Morgan fingerprint density at radius 1 is 1.21 bits per heavy atom. The van der Waals surface area contributed by atoms with Crippen molar-refractivity contribution in [2.45, 2.75) is 18.3 Å². The van der Waals surface area contributed by atoms with Gasteiger partial charge in [0, 0.05) is 16.9 Å². The number of nitrogens with one attached hydrogen (secondary N) is 2. The van der Waals surface area contributed by atoms with Crippen LogP contribution in [0.2, 0.25) is 0 Å². The number of hydrogen-bond donors (Lipinski definition) is 4. The van der Waals surface area contributed by atoms with Crippen LogP contribution < -0.4 is 16.8 Å². The summed E-state index contributed by atoms with van der Waals surface area (Å²) in [6, 6.07) is 7.60. The lowest BCUT2D eigenvalue weighted by Crippen LogP contribution is -2.36. The molecule has 126 valence electrons. The smallest absolute Gasteiger partial charge is 0.399 e. The number of allylic oxidation sites excluding steroid dienone is 1. The van der Waals surface area contributed by atoms with Gasteiger partial charge in [0.1, 0.15) is 0 Å². The van der Waals surface area contributed by atoms with E-state index in [0.29, 0.717) is 29.1 Å². The number of H-pyrrole nitrogens is 1. The highest BCUT2D eigenvalue weighted by Gasteiger charge is 2.28. The molecule has 0 radical (unpaired) electrons. The molecule has 2 aromatic rings. The Kier molecular flexibility index (Phi) is 3.84. The van der Waals surface area contributed by atoms with Gasteiger partial charge in [-0.15, -0.1) is 0 Å². The molecular formula is C16H16F3N5. The maximum absolute atomic E-state index is 12.3. The minimum absolute atomic E-state index is 0.0341. The summed E-state index contributed by atoms with van der Waals surface area (Å²) in [5.41, 5.74) is 13.9. The molecule has 0 fully saturated rings. The van der Waals surface area contributed by atoms with Gasteiger partial charge >= 0.3 is 6.30 Å². The number of anilines is 1. The van der Waals surface area contributed by atoms with E-state index in [1.165, 1.54) is 17.4 Å². The lowest BCUT2D eigenvalue weighted by atomic mass is 9.88. The molecule has 8 heteroatoms. The second-order valence-corrected chi connectivity index (χ2v) is 5.65. The van der Waals surface area contributed by atoms with Gasteiger partial charge in [0.15, 0.2) is 0 Å². The summed E-state index contributed by atoms with van der Waals surface area (Å²) in [5, 5.41) is 8.54. The first-order valence-corrected chi connectivity index (χ1v) is 7.20. The quantitative estimate of drug-likeness (QED) is 0.649. The lowest BCUT2D eigenvalue weighted by Gasteiger charge is -2.25. The summed E-state index contributed by atoms with van der Waals surface area (Å²) >= 11 is 0. The molecule has 0 amide bonds. The van der Waals surface area contributed by atoms with Gasteiger partial charge in [-0.2, -0.15) is 18.3 Å². The fraction of sp³-hybridized carbons (Fsp3) is 0.188. The second-order valence-electron chi connectivity index (χ2n) is 5.65. The van der Waals surface area contributed by atoms with Crippen LogP contribution in [0.4, 0.5) is 18.9 Å². The van der Waals surface area contributed by atoms with Gasteiger partial charge in [-0.3, -0.25) is 10.4 Å². The van der Waals surface area contributed by atoms with E-state index in [1.807, 2.05) is 6.08 Å². The highest BCUT2D eigenvalue weighted by Crippen LogP contribution is 2.30. The molecular weight excluding hydrogens is 319 g/mol. The fourth-order valence-corrected chi connectivity index (χ4v) is 2.46. The van der Waals surface area contributed by atoms with Crippen molar-refractivity contribution in [2.24, 2.45) is 11.5 Å². The van der Waals surface area contributed by atoms with E-state index in [9.17, 15) is 13.2 Å². The fourth-order valence-electron chi connectivity index (χ4n) is 2.46. The van der Waals surface area contributed by atoms with Crippen molar-refractivity contribution in [3.8, 4) is 11.3 Å². The van der Waals surface area contributed by atoms with E-state index in [-0.39, 0.29) is 5.69 Å². The van der Waals surface area contributed by atoms with Crippen LogP contribution in [0.1, 0.15) is 12.1 Å². The summed E-state index contributed by atoms with van der Waals surface area (Å²) < 4.78 is 36.8. The zero-order valence-corrected chi connectivity index (χ0v) is 12.6. The Morgan fingerprint density at radius 2 is 1.92 bits per heavy atom. The normalized spacial score (nSPS) is 20.8. The Morgan fingerprint density at radius 3 is 2.50 bits per heavy atom. The first kappa shape index (κ1) is 16.1. The summed E-state index contributed by atoms with van der Waals surface area (Å²) in [7, 11) is 0. The molecule has 5 nitrogen and oxygen atoms in total. The van der Waals surface area contributed by atoms with E-state index >= 15 is 0 Å². The third kappa shape index (κ3) is 3.43. The van der Waals surface area contributed by atoms with Gasteiger partial charge in [-0.05, 0) is 30.7 Å². The van der Waals surface area contributed by atoms with E-state index < -0.39 is 11.8 Å². The molecule has 0 saturated carbocycles. The number of alkyl halides is 3. The number of nitrogens with zero attached hydrogens (tertiary/aromatic N) is 1.